The smallest absolute Gasteiger partial charge is 0.174 e. The van der Waals surface area contributed by atoms with Crippen LogP contribution in [0.2, 0.25) is 5.02 Å². The molecule has 0 bridgehead atoms. The molecule has 5 rings (SSSR count). The minimum Gasteiger partial charge on any atom is -0.351 e. The number of thiocarbonyl (C=S) groups is 1. The lowest BCUT2D eigenvalue weighted by molar-refractivity contribution is 0.549. The monoisotopic (exact) mass is 444 g/mol. The van der Waals surface area contributed by atoms with Gasteiger partial charge in [0.1, 0.15) is 6.04 Å². The molecule has 31 heavy (non-hydrogen) atoms. The van der Waals surface area contributed by atoms with Crippen molar-refractivity contribution in [3.05, 3.63) is 113 Å². The van der Waals surface area contributed by atoms with E-state index in [-0.39, 0.29) is 12.1 Å². The van der Waals surface area contributed by atoms with Crippen LogP contribution in [-0.4, -0.2) is 14.7 Å². The van der Waals surface area contributed by atoms with Crippen molar-refractivity contribution in [1.82, 2.24) is 14.9 Å². The van der Waals surface area contributed by atoms with Crippen LogP contribution in [-0.2, 0) is 0 Å². The second kappa shape index (κ2) is 8.17. The molecule has 154 valence electrons. The van der Waals surface area contributed by atoms with Crippen LogP contribution in [0.5, 0.6) is 0 Å². The third-order valence-electron chi connectivity index (χ3n) is 5.58. The van der Waals surface area contributed by atoms with Crippen molar-refractivity contribution in [2.24, 2.45) is 0 Å². The van der Waals surface area contributed by atoms with E-state index in [0.717, 1.165) is 22.8 Å². The van der Waals surface area contributed by atoms with Gasteiger partial charge in [-0.15, -0.1) is 0 Å². The summed E-state index contributed by atoms with van der Waals surface area (Å²) >= 11 is 12.1. The average molecular weight is 445 g/mol. The Morgan fingerprint density at radius 1 is 0.935 bits per heavy atom. The fourth-order valence-electron chi connectivity index (χ4n) is 4.14. The Hall–Kier alpha value is -3.15. The van der Waals surface area contributed by atoms with Gasteiger partial charge in [-0.2, -0.15) is 0 Å². The summed E-state index contributed by atoms with van der Waals surface area (Å²) < 4.78 is 2.17. The van der Waals surface area contributed by atoms with Gasteiger partial charge in [0, 0.05) is 34.5 Å². The van der Waals surface area contributed by atoms with Crippen molar-refractivity contribution in [2.75, 3.05) is 4.90 Å². The molecule has 2 aromatic carbocycles. The minimum absolute atomic E-state index is 0.0842. The Morgan fingerprint density at radius 2 is 1.77 bits per heavy atom. The van der Waals surface area contributed by atoms with Gasteiger partial charge in [0.25, 0.3) is 0 Å². The first-order chi connectivity index (χ1) is 15.1. The molecule has 0 unspecified atom stereocenters. The van der Waals surface area contributed by atoms with Gasteiger partial charge in [-0.05, 0) is 73.7 Å². The van der Waals surface area contributed by atoms with Gasteiger partial charge in [0.15, 0.2) is 5.11 Å². The van der Waals surface area contributed by atoms with Crippen molar-refractivity contribution in [1.29, 1.82) is 0 Å². The normalized spacial score (nSPS) is 18.3. The maximum atomic E-state index is 6.29. The average Bonchev–Trinajstić information content (AvgIpc) is 3.39. The van der Waals surface area contributed by atoms with E-state index in [2.05, 4.69) is 75.4 Å². The summed E-state index contributed by atoms with van der Waals surface area (Å²) in [6.07, 6.45) is 3.88. The first kappa shape index (κ1) is 19.8. The lowest BCUT2D eigenvalue weighted by Crippen LogP contribution is -2.30. The third-order valence-corrected chi connectivity index (χ3v) is 6.13. The van der Waals surface area contributed by atoms with Crippen molar-refractivity contribution in [3.63, 3.8) is 0 Å². The molecule has 4 nitrogen and oxygen atoms in total. The number of aryl methyl sites for hydroxylation is 1. The highest BCUT2D eigenvalue weighted by atomic mass is 35.5. The Kier molecular flexibility index (Phi) is 5.22. The van der Waals surface area contributed by atoms with Crippen LogP contribution in [0.15, 0.2) is 91.3 Å². The van der Waals surface area contributed by atoms with E-state index in [0.29, 0.717) is 10.1 Å². The first-order valence-corrected chi connectivity index (χ1v) is 10.9. The molecule has 1 aliphatic rings. The number of pyridine rings is 1. The van der Waals surface area contributed by atoms with Gasteiger partial charge in [0.05, 0.1) is 11.7 Å². The van der Waals surface area contributed by atoms with E-state index in [4.69, 9.17) is 23.8 Å². The number of rotatable bonds is 4. The summed E-state index contributed by atoms with van der Waals surface area (Å²) in [5, 5.41) is 4.90. The number of hydrogen-bond donors (Lipinski definition) is 1. The van der Waals surface area contributed by atoms with Gasteiger partial charge < -0.3 is 14.8 Å². The van der Waals surface area contributed by atoms with E-state index in [1.165, 1.54) is 5.56 Å². The first-order valence-electron chi connectivity index (χ1n) is 10.1. The molecule has 0 saturated carbocycles. The molecule has 6 heteroatoms. The van der Waals surface area contributed by atoms with Crippen molar-refractivity contribution in [2.45, 2.75) is 19.0 Å². The Bertz CT molecular complexity index is 1220. The van der Waals surface area contributed by atoms with Crippen LogP contribution in [0.1, 0.15) is 29.0 Å². The summed E-state index contributed by atoms with van der Waals surface area (Å²) in [5.74, 6) is 0. The second-order valence-electron chi connectivity index (χ2n) is 7.62. The highest BCUT2D eigenvalue weighted by Gasteiger charge is 2.42. The molecule has 0 aliphatic carbocycles. The second-order valence-corrected chi connectivity index (χ2v) is 8.44. The highest BCUT2D eigenvalue weighted by molar-refractivity contribution is 7.80. The van der Waals surface area contributed by atoms with Crippen molar-refractivity contribution in [3.8, 4) is 5.69 Å². The van der Waals surface area contributed by atoms with Gasteiger partial charge in [-0.25, -0.2) is 0 Å². The van der Waals surface area contributed by atoms with Crippen molar-refractivity contribution >= 4 is 34.6 Å². The zero-order valence-corrected chi connectivity index (χ0v) is 18.5. The van der Waals surface area contributed by atoms with Crippen molar-refractivity contribution < 1.29 is 0 Å². The highest BCUT2D eigenvalue weighted by Crippen LogP contribution is 2.42. The van der Waals surface area contributed by atoms with Crippen LogP contribution in [0, 0.1) is 6.92 Å². The largest absolute Gasteiger partial charge is 0.351 e. The minimum atomic E-state index is -0.0946. The SMILES string of the molecule is Cc1ccc(N2C(=S)N[C@@H](c3ccccn3)[C@H]2c2cccn2-c2cccc(Cl)c2)cc1. The predicted octanol–water partition coefficient (Wildman–Crippen LogP) is 6.01. The lowest BCUT2D eigenvalue weighted by atomic mass is 10.0. The molecule has 1 N–H and O–H groups in total. The third kappa shape index (κ3) is 3.71. The summed E-state index contributed by atoms with van der Waals surface area (Å²) in [6.45, 7) is 2.09. The fraction of sp³-hybridized carbons (Fsp3) is 0.120. The Labute approximate surface area is 192 Å². The molecule has 4 aromatic rings. The van der Waals surface area contributed by atoms with Gasteiger partial charge in [0.2, 0.25) is 0 Å². The van der Waals surface area contributed by atoms with Crippen LogP contribution in [0.3, 0.4) is 0 Å². The number of hydrogen-bond acceptors (Lipinski definition) is 2. The standard InChI is InChI=1S/C25H21ClN4S/c1-17-10-12-19(13-11-17)30-24(23(28-25(30)31)21-8-2-3-14-27-21)22-9-5-15-29(22)20-7-4-6-18(26)16-20/h2-16,23-24H,1H3,(H,28,31)/t23-,24+/m0/s1. The number of nitrogens with zero attached hydrogens (tertiary/aromatic N) is 3. The maximum absolute atomic E-state index is 6.29. The fourth-order valence-corrected chi connectivity index (χ4v) is 4.67. The molecular formula is C25H21ClN4S. The Balaban J connectivity index is 1.67. The zero-order chi connectivity index (χ0) is 21.4. The quantitative estimate of drug-likeness (QED) is 0.391. The Morgan fingerprint density at radius 3 is 2.52 bits per heavy atom. The van der Waals surface area contributed by atoms with Gasteiger partial charge in [-0.3, -0.25) is 4.98 Å². The maximum Gasteiger partial charge on any atom is 0.174 e. The number of halogens is 1. The molecular weight excluding hydrogens is 424 g/mol. The number of nitrogens with one attached hydrogen (secondary N) is 1. The van der Waals surface area contributed by atoms with E-state index in [1.807, 2.05) is 42.6 Å². The summed E-state index contributed by atoms with van der Waals surface area (Å²) in [6, 6.07) is 26.3. The van der Waals surface area contributed by atoms with E-state index in [9.17, 15) is 0 Å². The molecule has 2 aromatic heterocycles. The molecule has 0 spiro atoms. The predicted molar refractivity (Wildman–Crippen MR) is 130 cm³/mol. The number of benzene rings is 2. The van der Waals surface area contributed by atoms with Crippen LogP contribution in [0.4, 0.5) is 5.69 Å². The molecule has 1 fully saturated rings. The van der Waals surface area contributed by atoms with Crippen LogP contribution >= 0.6 is 23.8 Å². The molecule has 1 saturated heterocycles. The summed E-state index contributed by atoms with van der Waals surface area (Å²) in [5.41, 5.74) is 5.32. The van der Waals surface area contributed by atoms with Crippen LogP contribution < -0.4 is 10.2 Å². The summed E-state index contributed by atoms with van der Waals surface area (Å²) in [4.78, 5) is 6.82. The molecule has 3 heterocycles. The summed E-state index contributed by atoms with van der Waals surface area (Å²) in [7, 11) is 0. The van der Waals surface area contributed by atoms with Gasteiger partial charge >= 0.3 is 0 Å². The van der Waals surface area contributed by atoms with E-state index >= 15 is 0 Å². The van der Waals surface area contributed by atoms with Crippen LogP contribution in [0.25, 0.3) is 5.69 Å². The van der Waals surface area contributed by atoms with Gasteiger partial charge in [-0.1, -0.05) is 41.4 Å². The molecule has 1 aliphatic heterocycles. The lowest BCUT2D eigenvalue weighted by Gasteiger charge is -2.29. The number of aromatic nitrogens is 2. The number of anilines is 1. The topological polar surface area (TPSA) is 33.1 Å². The zero-order valence-electron chi connectivity index (χ0n) is 16.9. The van der Waals surface area contributed by atoms with E-state index in [1.54, 1.807) is 0 Å². The molecule has 0 radical (unpaired) electrons. The molecule has 2 atom stereocenters. The van der Waals surface area contributed by atoms with E-state index < -0.39 is 0 Å². The molecule has 0 amide bonds.